The first-order valence-corrected chi connectivity index (χ1v) is 9.72. The topological polar surface area (TPSA) is 80.9 Å². The highest BCUT2D eigenvalue weighted by atomic mass is 32.2. The number of anilines is 1. The zero-order valence-corrected chi connectivity index (χ0v) is 15.2. The smallest absolute Gasteiger partial charge is 0.291 e. The third-order valence-corrected chi connectivity index (χ3v) is 4.79. The quantitative estimate of drug-likeness (QED) is 0.438. The number of hydrogen-bond acceptors (Lipinski definition) is 7. The van der Waals surface area contributed by atoms with Crippen LogP contribution in [0, 0.1) is 0 Å². The molecule has 0 aliphatic rings. The van der Waals surface area contributed by atoms with Gasteiger partial charge in [0.25, 0.3) is 11.7 Å². The predicted molar refractivity (Wildman–Crippen MR) is 99.6 cm³/mol. The minimum Gasteiger partial charge on any atom is -0.352 e. The van der Waals surface area contributed by atoms with Crippen LogP contribution in [0.25, 0.3) is 5.78 Å². The molecule has 2 heterocycles. The van der Waals surface area contributed by atoms with Crippen molar-refractivity contribution in [2.45, 2.75) is 49.9 Å². The van der Waals surface area contributed by atoms with E-state index in [1.807, 2.05) is 18.2 Å². The van der Waals surface area contributed by atoms with Crippen LogP contribution in [0.4, 0.5) is 5.95 Å². The molecule has 0 spiro atoms. The number of rotatable bonds is 10. The van der Waals surface area contributed by atoms with Crippen LogP contribution >= 0.6 is 11.8 Å². The Labute approximate surface area is 151 Å². The Bertz CT molecular complexity index is 775. The second-order valence-electron chi connectivity index (χ2n) is 5.83. The molecular weight excluding hydrogens is 334 g/mol. The normalized spacial score (nSPS) is 11.1. The summed E-state index contributed by atoms with van der Waals surface area (Å²) >= 11 is 1.59. The lowest BCUT2D eigenvalue weighted by atomic mass is 10.1. The molecule has 0 fully saturated rings. The first-order valence-electron chi connectivity index (χ1n) is 8.73. The van der Waals surface area contributed by atoms with Gasteiger partial charge in [-0.3, -0.25) is 0 Å². The van der Waals surface area contributed by atoms with E-state index >= 15 is 0 Å². The van der Waals surface area contributed by atoms with Crippen molar-refractivity contribution >= 4 is 23.5 Å². The molecule has 0 unspecified atom stereocenters. The number of thioether (sulfide) groups is 1. The summed E-state index contributed by atoms with van der Waals surface area (Å²) in [6, 6.07) is 10.3. The molecule has 0 saturated carbocycles. The average molecular weight is 357 g/mol. The van der Waals surface area contributed by atoms with Crippen LogP contribution in [0.2, 0.25) is 0 Å². The van der Waals surface area contributed by atoms with E-state index in [9.17, 15) is 0 Å². The minimum atomic E-state index is 0.420. The number of aromatic nitrogens is 6. The number of benzene rings is 1. The van der Waals surface area contributed by atoms with Gasteiger partial charge < -0.3 is 5.32 Å². The van der Waals surface area contributed by atoms with Crippen molar-refractivity contribution < 1.29 is 0 Å². The third-order valence-electron chi connectivity index (χ3n) is 3.80. The molecule has 0 saturated heterocycles. The predicted octanol–water partition coefficient (Wildman–Crippen LogP) is 3.59. The van der Waals surface area contributed by atoms with Gasteiger partial charge in [-0.15, -0.1) is 25.5 Å². The molecule has 0 amide bonds. The van der Waals surface area contributed by atoms with Crippen molar-refractivity contribution in [2.75, 3.05) is 11.9 Å². The van der Waals surface area contributed by atoms with Crippen LogP contribution < -0.4 is 5.32 Å². The van der Waals surface area contributed by atoms with Crippen molar-refractivity contribution in [3.63, 3.8) is 0 Å². The lowest BCUT2D eigenvalue weighted by molar-refractivity contribution is 0.642. The van der Waals surface area contributed by atoms with E-state index in [1.54, 1.807) is 16.3 Å². The average Bonchev–Trinajstić information content (AvgIpc) is 3.06. The number of fused-ring (bicyclic) bond motifs is 1. The fraction of sp³-hybridized carbons (Fsp3) is 0.471. The zero-order valence-electron chi connectivity index (χ0n) is 14.4. The molecule has 2 aromatic heterocycles. The standard InChI is InChI=1S/C17H23N7S/c1-2-3-4-5-9-12-18-15-19-20-16-21-22-17(24(16)23-15)25-13-14-10-7-6-8-11-14/h6-8,10-11H,2-5,9,12-13H2,1H3,(H,18,23). The van der Waals surface area contributed by atoms with E-state index in [-0.39, 0.29) is 0 Å². The van der Waals surface area contributed by atoms with Gasteiger partial charge in [-0.1, -0.05) is 74.7 Å². The summed E-state index contributed by atoms with van der Waals surface area (Å²) < 4.78 is 1.65. The molecule has 1 aromatic carbocycles. The molecule has 1 N–H and O–H groups in total. The Kier molecular flexibility index (Phi) is 6.55. The Morgan fingerprint density at radius 3 is 2.60 bits per heavy atom. The minimum absolute atomic E-state index is 0.420. The number of nitrogens with one attached hydrogen (secondary N) is 1. The van der Waals surface area contributed by atoms with Gasteiger partial charge in [-0.05, 0) is 12.0 Å². The van der Waals surface area contributed by atoms with Crippen molar-refractivity contribution in [3.05, 3.63) is 35.9 Å². The van der Waals surface area contributed by atoms with Crippen molar-refractivity contribution in [2.24, 2.45) is 0 Å². The second kappa shape index (κ2) is 9.31. The molecule has 0 bridgehead atoms. The van der Waals surface area contributed by atoms with E-state index in [4.69, 9.17) is 0 Å². The van der Waals surface area contributed by atoms with Gasteiger partial charge in [0.05, 0.1) is 0 Å². The van der Waals surface area contributed by atoms with Gasteiger partial charge in [0.1, 0.15) is 0 Å². The SMILES string of the molecule is CCCCCCCNc1nnc2nnc(SCc3ccccc3)n2n1. The fourth-order valence-corrected chi connectivity index (χ4v) is 3.26. The molecule has 8 heteroatoms. The highest BCUT2D eigenvalue weighted by molar-refractivity contribution is 7.98. The Morgan fingerprint density at radius 1 is 0.960 bits per heavy atom. The highest BCUT2D eigenvalue weighted by Crippen LogP contribution is 2.20. The molecule has 25 heavy (non-hydrogen) atoms. The summed E-state index contributed by atoms with van der Waals surface area (Å²) in [5, 5.41) is 24.8. The lowest BCUT2D eigenvalue weighted by Gasteiger charge is -2.04. The van der Waals surface area contributed by atoms with Crippen LogP contribution in [0.3, 0.4) is 0 Å². The number of unbranched alkanes of at least 4 members (excludes halogenated alkanes) is 4. The lowest BCUT2D eigenvalue weighted by Crippen LogP contribution is -2.10. The van der Waals surface area contributed by atoms with Gasteiger partial charge in [0.15, 0.2) is 0 Å². The molecule has 3 rings (SSSR count). The van der Waals surface area contributed by atoms with Gasteiger partial charge in [-0.25, -0.2) is 0 Å². The molecule has 0 aliphatic carbocycles. The maximum Gasteiger partial charge on any atom is 0.291 e. The third kappa shape index (κ3) is 5.12. The van der Waals surface area contributed by atoms with Crippen LogP contribution in [0.5, 0.6) is 0 Å². The van der Waals surface area contributed by atoms with Gasteiger partial charge in [-0.2, -0.15) is 4.52 Å². The maximum atomic E-state index is 4.47. The summed E-state index contributed by atoms with van der Waals surface area (Å²) in [5.41, 5.74) is 1.23. The van der Waals surface area contributed by atoms with E-state index in [1.165, 1.54) is 31.2 Å². The molecule has 7 nitrogen and oxygen atoms in total. The summed E-state index contributed by atoms with van der Waals surface area (Å²) in [6.07, 6.45) is 6.17. The first-order chi connectivity index (χ1) is 12.4. The maximum absolute atomic E-state index is 4.47. The van der Waals surface area contributed by atoms with Crippen LogP contribution in [0.1, 0.15) is 44.6 Å². The summed E-state index contributed by atoms with van der Waals surface area (Å²) in [4.78, 5) is 0. The van der Waals surface area contributed by atoms with Gasteiger partial charge in [0.2, 0.25) is 5.16 Å². The number of nitrogens with zero attached hydrogens (tertiary/aromatic N) is 6. The van der Waals surface area contributed by atoms with Crippen LogP contribution in [-0.4, -0.2) is 36.6 Å². The molecular formula is C17H23N7S. The Balaban J connectivity index is 1.57. The van der Waals surface area contributed by atoms with E-state index in [0.29, 0.717) is 11.7 Å². The second-order valence-corrected chi connectivity index (χ2v) is 6.78. The molecule has 3 aromatic rings. The Morgan fingerprint density at radius 2 is 1.76 bits per heavy atom. The largest absolute Gasteiger partial charge is 0.352 e. The van der Waals surface area contributed by atoms with Crippen molar-refractivity contribution in [1.82, 2.24) is 30.0 Å². The summed E-state index contributed by atoms with van der Waals surface area (Å²) in [6.45, 7) is 3.07. The first kappa shape index (κ1) is 17.6. The van der Waals surface area contributed by atoms with Crippen molar-refractivity contribution in [1.29, 1.82) is 0 Å². The van der Waals surface area contributed by atoms with E-state index in [2.05, 4.69) is 49.9 Å². The summed E-state index contributed by atoms with van der Waals surface area (Å²) in [5.74, 6) is 1.75. The van der Waals surface area contributed by atoms with Gasteiger partial charge in [0, 0.05) is 12.3 Å². The van der Waals surface area contributed by atoms with Crippen LogP contribution in [-0.2, 0) is 5.75 Å². The van der Waals surface area contributed by atoms with E-state index < -0.39 is 0 Å². The molecule has 132 valence electrons. The highest BCUT2D eigenvalue weighted by Gasteiger charge is 2.10. The van der Waals surface area contributed by atoms with Crippen molar-refractivity contribution in [3.8, 4) is 0 Å². The number of hydrogen-bond donors (Lipinski definition) is 1. The van der Waals surface area contributed by atoms with Gasteiger partial charge >= 0.3 is 0 Å². The molecule has 0 radical (unpaired) electrons. The fourth-order valence-electron chi connectivity index (χ4n) is 2.43. The van der Waals surface area contributed by atoms with E-state index in [0.717, 1.165) is 23.9 Å². The summed E-state index contributed by atoms with van der Waals surface area (Å²) in [7, 11) is 0. The van der Waals surface area contributed by atoms with Crippen LogP contribution in [0.15, 0.2) is 35.5 Å². The molecule has 0 atom stereocenters. The molecule has 0 aliphatic heterocycles. The monoisotopic (exact) mass is 357 g/mol. The Hall–Kier alpha value is -2.22. The zero-order chi connectivity index (χ0) is 17.3.